The Balaban J connectivity index is 2.31. The van der Waals surface area contributed by atoms with Gasteiger partial charge >= 0.3 is 0 Å². The Morgan fingerprint density at radius 1 is 1.39 bits per heavy atom. The van der Waals surface area contributed by atoms with Gasteiger partial charge in [-0.2, -0.15) is 0 Å². The van der Waals surface area contributed by atoms with Crippen LogP contribution in [0.1, 0.15) is 23.7 Å². The maximum Gasteiger partial charge on any atom is 0.292 e. The second kappa shape index (κ2) is 5.23. The van der Waals surface area contributed by atoms with Gasteiger partial charge in [0.15, 0.2) is 0 Å². The second-order valence-corrected chi connectivity index (χ2v) is 4.41. The maximum atomic E-state index is 11.9. The van der Waals surface area contributed by atoms with Crippen molar-refractivity contribution in [2.45, 2.75) is 13.3 Å². The summed E-state index contributed by atoms with van der Waals surface area (Å²) < 4.78 is 0. The van der Waals surface area contributed by atoms with Crippen LogP contribution >= 0.6 is 11.6 Å². The Labute approximate surface area is 109 Å². The van der Waals surface area contributed by atoms with Crippen LogP contribution < -0.4 is 5.32 Å². The molecule has 5 heteroatoms. The average molecular weight is 265 g/mol. The van der Waals surface area contributed by atoms with Crippen molar-refractivity contribution in [1.29, 1.82) is 0 Å². The van der Waals surface area contributed by atoms with Crippen LogP contribution in [0, 0.1) is 0 Å². The lowest BCUT2D eigenvalue weighted by atomic mass is 10.1. The van der Waals surface area contributed by atoms with Crippen LogP contribution in [0.5, 0.6) is 0 Å². The molecule has 0 saturated heterocycles. The van der Waals surface area contributed by atoms with Gasteiger partial charge in [0.25, 0.3) is 11.7 Å². The van der Waals surface area contributed by atoms with Crippen LogP contribution in [-0.4, -0.2) is 23.2 Å². The highest BCUT2D eigenvalue weighted by Crippen LogP contribution is 2.22. The highest BCUT2D eigenvalue weighted by molar-refractivity contribution is 6.45. The van der Waals surface area contributed by atoms with E-state index < -0.39 is 11.7 Å². The smallest absolute Gasteiger partial charge is 0.292 e. The zero-order valence-corrected chi connectivity index (χ0v) is 10.7. The van der Waals surface area contributed by atoms with Crippen molar-refractivity contribution in [3.63, 3.8) is 0 Å². The van der Waals surface area contributed by atoms with E-state index in [-0.39, 0.29) is 0 Å². The first-order valence-electron chi connectivity index (χ1n) is 5.72. The number of ketones is 1. The fourth-order valence-corrected chi connectivity index (χ4v) is 1.90. The fourth-order valence-electron chi connectivity index (χ4n) is 1.73. The van der Waals surface area contributed by atoms with Gasteiger partial charge in [-0.05, 0) is 18.6 Å². The predicted octanol–water partition coefficient (Wildman–Crippen LogP) is 2.53. The maximum absolute atomic E-state index is 11.9. The summed E-state index contributed by atoms with van der Waals surface area (Å²) in [4.78, 5) is 26.5. The first kappa shape index (κ1) is 12.6. The molecule has 4 nitrogen and oxygen atoms in total. The summed E-state index contributed by atoms with van der Waals surface area (Å²) in [6, 6.07) is 5.14. The molecule has 1 amide bonds. The van der Waals surface area contributed by atoms with Crippen molar-refractivity contribution in [3.8, 4) is 0 Å². The summed E-state index contributed by atoms with van der Waals surface area (Å²) in [5.74, 6) is -1.11. The predicted molar refractivity (Wildman–Crippen MR) is 70.9 cm³/mol. The summed E-state index contributed by atoms with van der Waals surface area (Å²) in [6.07, 6.45) is 2.33. The molecule has 0 radical (unpaired) electrons. The zero-order valence-electron chi connectivity index (χ0n) is 9.92. The number of halogens is 1. The molecule has 0 aliphatic heterocycles. The molecule has 0 unspecified atom stereocenters. The van der Waals surface area contributed by atoms with E-state index in [0.717, 1.165) is 11.9 Å². The zero-order chi connectivity index (χ0) is 13.1. The minimum atomic E-state index is -0.576. The highest BCUT2D eigenvalue weighted by Gasteiger charge is 2.19. The Hall–Kier alpha value is -1.81. The third-order valence-corrected chi connectivity index (χ3v) is 2.87. The Morgan fingerprint density at radius 3 is 2.89 bits per heavy atom. The first-order chi connectivity index (χ1) is 8.63. The third kappa shape index (κ3) is 2.38. The molecule has 0 aliphatic carbocycles. The number of carbonyl (C=O) groups is 2. The van der Waals surface area contributed by atoms with Crippen molar-refractivity contribution in [2.24, 2.45) is 0 Å². The molecule has 2 N–H and O–H groups in total. The van der Waals surface area contributed by atoms with Crippen molar-refractivity contribution >= 4 is 34.2 Å². The topological polar surface area (TPSA) is 62.0 Å². The molecule has 2 rings (SSSR count). The van der Waals surface area contributed by atoms with Crippen molar-refractivity contribution in [3.05, 3.63) is 35.0 Å². The fraction of sp³-hybridized carbons (Fsp3) is 0.231. The first-order valence-corrected chi connectivity index (χ1v) is 6.10. The molecular weight excluding hydrogens is 252 g/mol. The van der Waals surface area contributed by atoms with Gasteiger partial charge < -0.3 is 10.3 Å². The lowest BCUT2D eigenvalue weighted by Crippen LogP contribution is -2.31. The lowest BCUT2D eigenvalue weighted by Gasteiger charge is -2.01. The summed E-state index contributed by atoms with van der Waals surface area (Å²) in [7, 11) is 0. The van der Waals surface area contributed by atoms with E-state index in [1.165, 1.54) is 6.20 Å². The van der Waals surface area contributed by atoms with Gasteiger partial charge in [-0.1, -0.05) is 24.6 Å². The minimum Gasteiger partial charge on any atom is -0.360 e. The number of hydrogen-bond acceptors (Lipinski definition) is 2. The molecule has 1 aromatic heterocycles. The third-order valence-electron chi connectivity index (χ3n) is 2.63. The van der Waals surface area contributed by atoms with Crippen LogP contribution in [0.15, 0.2) is 24.4 Å². The highest BCUT2D eigenvalue weighted by atomic mass is 35.5. The van der Waals surface area contributed by atoms with E-state index in [1.807, 2.05) is 6.92 Å². The molecule has 2 aromatic rings. The quantitative estimate of drug-likeness (QED) is 0.658. The molecule has 1 aromatic carbocycles. The van der Waals surface area contributed by atoms with Crippen molar-refractivity contribution in [1.82, 2.24) is 10.3 Å². The van der Waals surface area contributed by atoms with Gasteiger partial charge in [0, 0.05) is 28.7 Å². The standard InChI is InChI=1S/C13H13ClN2O2/c1-2-5-15-13(18)12(17)10-7-16-11-6-8(14)3-4-9(10)11/h3-4,6-7,16H,2,5H2,1H3,(H,15,18). The van der Waals surface area contributed by atoms with Crippen molar-refractivity contribution in [2.75, 3.05) is 6.54 Å². The largest absolute Gasteiger partial charge is 0.360 e. The number of H-pyrrole nitrogens is 1. The van der Waals surface area contributed by atoms with Crippen LogP contribution in [0.3, 0.4) is 0 Å². The number of benzene rings is 1. The van der Waals surface area contributed by atoms with Gasteiger partial charge in [-0.15, -0.1) is 0 Å². The number of nitrogens with one attached hydrogen (secondary N) is 2. The molecule has 0 fully saturated rings. The molecule has 0 atom stereocenters. The van der Waals surface area contributed by atoms with Crippen LogP contribution in [0.25, 0.3) is 10.9 Å². The van der Waals surface area contributed by atoms with E-state index in [2.05, 4.69) is 10.3 Å². The minimum absolute atomic E-state index is 0.371. The summed E-state index contributed by atoms with van der Waals surface area (Å²) >= 11 is 5.85. The number of Topliss-reactive ketones (excluding diaryl/α,β-unsaturated/α-hetero) is 1. The molecule has 1 heterocycles. The molecule has 0 aliphatic rings. The normalized spacial score (nSPS) is 10.6. The van der Waals surface area contributed by atoms with Crippen molar-refractivity contribution < 1.29 is 9.59 Å². The van der Waals surface area contributed by atoms with E-state index >= 15 is 0 Å². The number of aromatic nitrogens is 1. The average Bonchev–Trinajstić information content (AvgIpc) is 2.77. The Morgan fingerprint density at radius 2 is 2.17 bits per heavy atom. The number of carbonyl (C=O) groups excluding carboxylic acids is 2. The van der Waals surface area contributed by atoms with E-state index in [0.29, 0.717) is 22.5 Å². The number of fused-ring (bicyclic) bond motifs is 1. The van der Waals surface area contributed by atoms with E-state index in [4.69, 9.17) is 11.6 Å². The second-order valence-electron chi connectivity index (χ2n) is 3.98. The van der Waals surface area contributed by atoms with Gasteiger partial charge in [-0.25, -0.2) is 0 Å². The summed E-state index contributed by atoms with van der Waals surface area (Å²) in [5.41, 5.74) is 1.12. The Kier molecular flexibility index (Phi) is 3.67. The summed E-state index contributed by atoms with van der Waals surface area (Å²) in [6.45, 7) is 2.43. The van der Waals surface area contributed by atoms with Gasteiger partial charge in [0.1, 0.15) is 0 Å². The van der Waals surface area contributed by atoms with E-state index in [1.54, 1.807) is 18.2 Å². The molecule has 0 bridgehead atoms. The van der Waals surface area contributed by atoms with E-state index in [9.17, 15) is 9.59 Å². The number of aromatic amines is 1. The van der Waals surface area contributed by atoms with Gasteiger partial charge in [0.05, 0.1) is 5.56 Å². The SMILES string of the molecule is CCCNC(=O)C(=O)c1c[nH]c2cc(Cl)ccc12. The molecule has 94 valence electrons. The van der Waals surface area contributed by atoms with Gasteiger partial charge in [-0.3, -0.25) is 9.59 Å². The van der Waals surface area contributed by atoms with Crippen LogP contribution in [0.2, 0.25) is 5.02 Å². The van der Waals surface area contributed by atoms with Crippen LogP contribution in [0.4, 0.5) is 0 Å². The molecule has 0 saturated carbocycles. The number of amides is 1. The number of hydrogen-bond donors (Lipinski definition) is 2. The number of rotatable bonds is 4. The lowest BCUT2D eigenvalue weighted by molar-refractivity contribution is -0.116. The molecule has 18 heavy (non-hydrogen) atoms. The monoisotopic (exact) mass is 264 g/mol. The Bertz CT molecular complexity index is 604. The summed E-state index contributed by atoms with van der Waals surface area (Å²) in [5, 5.41) is 3.85. The molecular formula is C13H13ClN2O2. The van der Waals surface area contributed by atoms with Gasteiger partial charge in [0.2, 0.25) is 0 Å². The molecule has 0 spiro atoms. The van der Waals surface area contributed by atoms with Crippen LogP contribution in [-0.2, 0) is 4.79 Å².